The molecule has 0 aromatic heterocycles. The lowest BCUT2D eigenvalue weighted by molar-refractivity contribution is 0.291. The minimum atomic E-state index is 0.619. The smallest absolute Gasteiger partial charge is 0.120 e. The lowest BCUT2D eigenvalue weighted by atomic mass is 9.96. The first-order valence-corrected chi connectivity index (χ1v) is 7.43. The van der Waals surface area contributed by atoms with Gasteiger partial charge < -0.3 is 4.74 Å². The highest BCUT2D eigenvalue weighted by Gasteiger charge is 2.13. The van der Waals surface area contributed by atoms with Crippen LogP contribution in [0.1, 0.15) is 30.9 Å². The van der Waals surface area contributed by atoms with Crippen molar-refractivity contribution in [3.05, 3.63) is 77.9 Å². The summed E-state index contributed by atoms with van der Waals surface area (Å²) in [4.78, 5) is 0. The van der Waals surface area contributed by atoms with Gasteiger partial charge in [-0.2, -0.15) is 0 Å². The molecule has 0 N–H and O–H groups in total. The molecule has 2 aliphatic rings. The Morgan fingerprint density at radius 1 is 0.810 bits per heavy atom. The normalized spacial score (nSPS) is 12.0. The molecule has 0 aliphatic carbocycles. The Labute approximate surface area is 126 Å². The van der Waals surface area contributed by atoms with E-state index in [4.69, 9.17) is 4.74 Å². The Balaban J connectivity index is 0.000000126. The van der Waals surface area contributed by atoms with Gasteiger partial charge in [-0.15, -0.1) is 0 Å². The highest BCUT2D eigenvalue weighted by atomic mass is 16.5. The van der Waals surface area contributed by atoms with E-state index in [1.165, 1.54) is 21.9 Å². The van der Waals surface area contributed by atoms with Gasteiger partial charge in [-0.1, -0.05) is 68.4 Å². The van der Waals surface area contributed by atoms with E-state index in [1.54, 1.807) is 0 Å². The van der Waals surface area contributed by atoms with Crippen molar-refractivity contribution in [3.8, 4) is 5.75 Å². The first kappa shape index (κ1) is 13.7. The molecule has 0 saturated carbocycles. The summed E-state index contributed by atoms with van der Waals surface area (Å²) >= 11 is 0. The third-order valence-electron chi connectivity index (χ3n) is 3.79. The van der Waals surface area contributed by atoms with Crippen LogP contribution in [0.4, 0.5) is 0 Å². The molecular formula is C20H20O. The van der Waals surface area contributed by atoms with E-state index < -0.39 is 0 Å². The summed E-state index contributed by atoms with van der Waals surface area (Å²) in [6, 6.07) is 23.0. The summed E-state index contributed by atoms with van der Waals surface area (Å²) in [7, 11) is 0. The minimum Gasteiger partial charge on any atom is -0.489 e. The Hall–Kier alpha value is -2.28. The van der Waals surface area contributed by atoms with Crippen molar-refractivity contribution < 1.29 is 4.74 Å². The molecule has 0 amide bonds. The number of rotatable bonds is 1. The summed E-state index contributed by atoms with van der Waals surface area (Å²) in [5.74, 6) is 1.64. The molecule has 0 radical (unpaired) electrons. The van der Waals surface area contributed by atoms with Gasteiger partial charge in [0.05, 0.1) is 0 Å². The Morgan fingerprint density at radius 3 is 1.67 bits per heavy atom. The highest BCUT2D eigenvalue weighted by molar-refractivity contribution is 5.81. The maximum atomic E-state index is 5.37. The maximum Gasteiger partial charge on any atom is 0.120 e. The number of hydrogen-bond donors (Lipinski definition) is 0. The molecule has 2 bridgehead atoms. The standard InChI is InChI=1S/C10H12O.C10H8/c1-7(2)10-5-9-4-3-8(10)6-11-9;1-2-6-10-8-4-3-7-9(10)5-1/h3-5,7H,6H2,1-2H3;1-8H. The van der Waals surface area contributed by atoms with Crippen molar-refractivity contribution in [2.45, 2.75) is 26.4 Å². The molecule has 21 heavy (non-hydrogen) atoms. The van der Waals surface area contributed by atoms with Crippen molar-refractivity contribution in [2.24, 2.45) is 0 Å². The van der Waals surface area contributed by atoms with Gasteiger partial charge in [-0.3, -0.25) is 0 Å². The van der Waals surface area contributed by atoms with Gasteiger partial charge in [0.15, 0.2) is 0 Å². The van der Waals surface area contributed by atoms with E-state index in [-0.39, 0.29) is 0 Å². The zero-order valence-corrected chi connectivity index (χ0v) is 12.5. The number of benzene rings is 3. The number of ether oxygens (including phenoxy) is 1. The van der Waals surface area contributed by atoms with Crippen LogP contribution in [-0.2, 0) is 6.61 Å². The molecule has 2 heterocycles. The van der Waals surface area contributed by atoms with Crippen LogP contribution in [0.5, 0.6) is 5.75 Å². The highest BCUT2D eigenvalue weighted by Crippen LogP contribution is 2.29. The second-order valence-electron chi connectivity index (χ2n) is 5.65. The molecule has 0 saturated heterocycles. The van der Waals surface area contributed by atoms with Gasteiger partial charge >= 0.3 is 0 Å². The number of hydrogen-bond acceptors (Lipinski definition) is 1. The molecular weight excluding hydrogens is 256 g/mol. The second-order valence-corrected chi connectivity index (χ2v) is 5.65. The topological polar surface area (TPSA) is 9.23 Å². The van der Waals surface area contributed by atoms with Crippen molar-refractivity contribution in [3.63, 3.8) is 0 Å². The summed E-state index contributed by atoms with van der Waals surface area (Å²) in [6.45, 7) is 5.21. The van der Waals surface area contributed by atoms with E-state index in [1.807, 2.05) is 6.07 Å². The van der Waals surface area contributed by atoms with Crippen molar-refractivity contribution >= 4 is 10.8 Å². The molecule has 5 rings (SSSR count). The van der Waals surface area contributed by atoms with Crippen LogP contribution in [0, 0.1) is 0 Å². The second kappa shape index (κ2) is 6.01. The SMILES string of the molecule is CC(C)c1cc2ccc1CO2.c1ccc2ccccc2c1. The van der Waals surface area contributed by atoms with E-state index >= 15 is 0 Å². The van der Waals surface area contributed by atoms with Crippen LogP contribution in [0.15, 0.2) is 66.7 Å². The molecule has 1 heteroatoms. The van der Waals surface area contributed by atoms with Crippen LogP contribution in [0.25, 0.3) is 10.8 Å². The van der Waals surface area contributed by atoms with Crippen molar-refractivity contribution in [1.29, 1.82) is 0 Å². The van der Waals surface area contributed by atoms with E-state index in [2.05, 4.69) is 74.5 Å². The Bertz CT molecular complexity index is 678. The third kappa shape index (κ3) is 3.08. The number of fused-ring (bicyclic) bond motifs is 4. The van der Waals surface area contributed by atoms with Crippen LogP contribution < -0.4 is 4.74 Å². The summed E-state index contributed by atoms with van der Waals surface area (Å²) in [6.07, 6.45) is 0. The largest absolute Gasteiger partial charge is 0.489 e. The molecule has 106 valence electrons. The first-order chi connectivity index (χ1) is 10.2. The van der Waals surface area contributed by atoms with Crippen LogP contribution in [0.3, 0.4) is 0 Å². The summed E-state index contributed by atoms with van der Waals surface area (Å²) < 4.78 is 5.37. The zero-order valence-electron chi connectivity index (χ0n) is 12.5. The van der Waals surface area contributed by atoms with Crippen LogP contribution >= 0.6 is 0 Å². The van der Waals surface area contributed by atoms with Gasteiger partial charge in [0.25, 0.3) is 0 Å². The van der Waals surface area contributed by atoms with Crippen LogP contribution in [-0.4, -0.2) is 0 Å². The zero-order chi connectivity index (χ0) is 14.7. The summed E-state index contributed by atoms with van der Waals surface area (Å²) in [5.41, 5.74) is 2.78. The lowest BCUT2D eigenvalue weighted by Gasteiger charge is -2.20. The monoisotopic (exact) mass is 276 g/mol. The molecule has 0 unspecified atom stereocenters. The fourth-order valence-electron chi connectivity index (χ4n) is 2.63. The molecule has 1 nitrogen and oxygen atoms in total. The fraction of sp³-hybridized carbons (Fsp3) is 0.200. The minimum absolute atomic E-state index is 0.619. The first-order valence-electron chi connectivity index (χ1n) is 7.43. The van der Waals surface area contributed by atoms with E-state index in [0.29, 0.717) is 5.92 Å². The summed E-state index contributed by atoms with van der Waals surface area (Å²) in [5, 5.41) is 2.62. The molecule has 0 spiro atoms. The average Bonchev–Trinajstić information content (AvgIpc) is 2.56. The predicted octanol–water partition coefficient (Wildman–Crippen LogP) is 5.54. The van der Waals surface area contributed by atoms with Crippen molar-refractivity contribution in [1.82, 2.24) is 0 Å². The molecule has 0 atom stereocenters. The van der Waals surface area contributed by atoms with Crippen LogP contribution in [0.2, 0.25) is 0 Å². The average molecular weight is 276 g/mol. The molecule has 3 aromatic carbocycles. The molecule has 0 fully saturated rings. The Kier molecular flexibility index (Phi) is 3.92. The van der Waals surface area contributed by atoms with E-state index in [9.17, 15) is 0 Å². The lowest BCUT2D eigenvalue weighted by Crippen LogP contribution is -2.07. The van der Waals surface area contributed by atoms with Gasteiger partial charge in [0.1, 0.15) is 12.4 Å². The fourth-order valence-corrected chi connectivity index (χ4v) is 2.63. The predicted molar refractivity (Wildman–Crippen MR) is 88.8 cm³/mol. The third-order valence-corrected chi connectivity index (χ3v) is 3.79. The van der Waals surface area contributed by atoms with E-state index in [0.717, 1.165) is 12.4 Å². The maximum absolute atomic E-state index is 5.37. The molecule has 3 aromatic rings. The molecule has 2 aliphatic heterocycles. The van der Waals surface area contributed by atoms with Gasteiger partial charge in [0.2, 0.25) is 0 Å². The van der Waals surface area contributed by atoms with Gasteiger partial charge in [-0.05, 0) is 39.9 Å². The van der Waals surface area contributed by atoms with Crippen molar-refractivity contribution in [2.75, 3.05) is 0 Å². The Morgan fingerprint density at radius 2 is 1.38 bits per heavy atom. The van der Waals surface area contributed by atoms with Gasteiger partial charge in [0, 0.05) is 0 Å². The van der Waals surface area contributed by atoms with Gasteiger partial charge in [-0.25, -0.2) is 0 Å². The quantitative estimate of drug-likeness (QED) is 0.567.